The van der Waals surface area contributed by atoms with Crippen LogP contribution in [0.25, 0.3) is 6.08 Å². The molecule has 0 N–H and O–H groups in total. The summed E-state index contributed by atoms with van der Waals surface area (Å²) in [6.07, 6.45) is 7.15. The summed E-state index contributed by atoms with van der Waals surface area (Å²) >= 11 is 0. The first-order valence-corrected chi connectivity index (χ1v) is 7.56. The molecular formula is C18H25NO. The number of nitrogens with zero attached hydrogens (tertiary/aromatic N) is 1. The van der Waals surface area contributed by atoms with E-state index in [1.807, 2.05) is 11.0 Å². The molecule has 108 valence electrons. The Morgan fingerprint density at radius 3 is 2.45 bits per heavy atom. The fraction of sp³-hybridized carbons (Fsp3) is 0.500. The lowest BCUT2D eigenvalue weighted by Gasteiger charge is -2.38. The fourth-order valence-corrected chi connectivity index (χ4v) is 3.12. The van der Waals surface area contributed by atoms with E-state index in [1.54, 1.807) is 6.08 Å². The first-order valence-electron chi connectivity index (χ1n) is 7.56. The Hall–Kier alpha value is -1.57. The van der Waals surface area contributed by atoms with Crippen molar-refractivity contribution in [2.75, 3.05) is 0 Å². The van der Waals surface area contributed by atoms with E-state index in [0.29, 0.717) is 12.1 Å². The maximum atomic E-state index is 12.4. The van der Waals surface area contributed by atoms with Crippen LogP contribution in [-0.2, 0) is 4.79 Å². The lowest BCUT2D eigenvalue weighted by atomic mass is 9.97. The molecule has 2 atom stereocenters. The second-order valence-electron chi connectivity index (χ2n) is 6.07. The highest BCUT2D eigenvalue weighted by Crippen LogP contribution is 2.23. The molecule has 2 rings (SSSR count). The van der Waals surface area contributed by atoms with Gasteiger partial charge in [-0.3, -0.25) is 4.79 Å². The lowest BCUT2D eigenvalue weighted by molar-refractivity contribution is -0.131. The summed E-state index contributed by atoms with van der Waals surface area (Å²) in [4.78, 5) is 14.4. The van der Waals surface area contributed by atoms with Crippen LogP contribution in [0.15, 0.2) is 24.3 Å². The first kappa shape index (κ1) is 14.8. The van der Waals surface area contributed by atoms with Crippen LogP contribution in [0, 0.1) is 13.8 Å². The van der Waals surface area contributed by atoms with E-state index < -0.39 is 0 Å². The van der Waals surface area contributed by atoms with Crippen LogP contribution >= 0.6 is 0 Å². The maximum absolute atomic E-state index is 12.4. The van der Waals surface area contributed by atoms with E-state index in [1.165, 1.54) is 17.5 Å². The third-order valence-electron chi connectivity index (χ3n) is 4.28. The van der Waals surface area contributed by atoms with Crippen LogP contribution < -0.4 is 0 Å². The summed E-state index contributed by atoms with van der Waals surface area (Å²) in [5.41, 5.74) is 3.60. The van der Waals surface area contributed by atoms with Gasteiger partial charge in [0, 0.05) is 18.2 Å². The topological polar surface area (TPSA) is 20.3 Å². The van der Waals surface area contributed by atoms with Gasteiger partial charge in [0.25, 0.3) is 0 Å². The molecule has 0 aliphatic carbocycles. The summed E-state index contributed by atoms with van der Waals surface area (Å²) in [5, 5.41) is 0. The molecule has 20 heavy (non-hydrogen) atoms. The molecule has 1 heterocycles. The Kier molecular flexibility index (Phi) is 4.64. The van der Waals surface area contributed by atoms with Gasteiger partial charge < -0.3 is 4.90 Å². The zero-order chi connectivity index (χ0) is 14.7. The Balaban J connectivity index is 2.12. The van der Waals surface area contributed by atoms with Gasteiger partial charge in [-0.25, -0.2) is 0 Å². The minimum absolute atomic E-state index is 0.143. The average Bonchev–Trinajstić information content (AvgIpc) is 2.37. The molecule has 1 aliphatic heterocycles. The number of hydrogen-bond donors (Lipinski definition) is 0. The number of carbonyl (C=O) groups excluding carboxylic acids is 1. The van der Waals surface area contributed by atoms with Crippen LogP contribution in [0.2, 0.25) is 0 Å². The van der Waals surface area contributed by atoms with Gasteiger partial charge in [-0.05, 0) is 64.2 Å². The number of rotatable bonds is 2. The van der Waals surface area contributed by atoms with Crippen LogP contribution in [0.1, 0.15) is 49.8 Å². The van der Waals surface area contributed by atoms with Gasteiger partial charge in [0.05, 0.1) is 0 Å². The Morgan fingerprint density at radius 1 is 1.20 bits per heavy atom. The predicted octanol–water partition coefficient (Wildman–Crippen LogP) is 4.11. The molecule has 2 heteroatoms. The van der Waals surface area contributed by atoms with Crippen molar-refractivity contribution in [3.8, 4) is 0 Å². The minimum atomic E-state index is 0.143. The molecule has 0 saturated carbocycles. The summed E-state index contributed by atoms with van der Waals surface area (Å²) in [6.45, 7) is 8.48. The molecule has 0 aromatic heterocycles. The SMILES string of the molecule is Cc1ccc(/C=C/C(=O)N2C(C)CCCC2C)c(C)c1. The highest BCUT2D eigenvalue weighted by Gasteiger charge is 2.27. The third kappa shape index (κ3) is 3.30. The van der Waals surface area contributed by atoms with Crippen molar-refractivity contribution in [3.63, 3.8) is 0 Å². The van der Waals surface area contributed by atoms with Crippen LogP contribution in [0.4, 0.5) is 0 Å². The maximum Gasteiger partial charge on any atom is 0.247 e. The highest BCUT2D eigenvalue weighted by molar-refractivity contribution is 5.92. The molecule has 1 aromatic rings. The first-order chi connectivity index (χ1) is 9.49. The molecular weight excluding hydrogens is 246 g/mol. The molecule has 1 amide bonds. The highest BCUT2D eigenvalue weighted by atomic mass is 16.2. The van der Waals surface area contributed by atoms with Crippen molar-refractivity contribution in [2.24, 2.45) is 0 Å². The summed E-state index contributed by atoms with van der Waals surface area (Å²) in [6, 6.07) is 7.03. The van der Waals surface area contributed by atoms with E-state index in [-0.39, 0.29) is 5.91 Å². The molecule has 2 unspecified atom stereocenters. The van der Waals surface area contributed by atoms with E-state index in [9.17, 15) is 4.79 Å². The summed E-state index contributed by atoms with van der Waals surface area (Å²) in [7, 11) is 0. The second kappa shape index (κ2) is 6.25. The Morgan fingerprint density at radius 2 is 1.85 bits per heavy atom. The molecule has 1 saturated heterocycles. The molecule has 1 aliphatic rings. The van der Waals surface area contributed by atoms with E-state index in [4.69, 9.17) is 0 Å². The fourth-order valence-electron chi connectivity index (χ4n) is 3.12. The number of aryl methyl sites for hydroxylation is 2. The third-order valence-corrected chi connectivity index (χ3v) is 4.28. The summed E-state index contributed by atoms with van der Waals surface area (Å²) < 4.78 is 0. The van der Waals surface area contributed by atoms with E-state index >= 15 is 0 Å². The van der Waals surface area contributed by atoms with E-state index in [2.05, 4.69) is 45.9 Å². The van der Waals surface area contributed by atoms with E-state index in [0.717, 1.165) is 18.4 Å². The van der Waals surface area contributed by atoms with Crippen molar-refractivity contribution in [3.05, 3.63) is 41.0 Å². The predicted molar refractivity (Wildman–Crippen MR) is 84.6 cm³/mol. The van der Waals surface area contributed by atoms with Crippen molar-refractivity contribution < 1.29 is 4.79 Å². The van der Waals surface area contributed by atoms with Crippen LogP contribution in [-0.4, -0.2) is 22.9 Å². The van der Waals surface area contributed by atoms with Gasteiger partial charge >= 0.3 is 0 Å². The Bertz CT molecular complexity index is 508. The van der Waals surface area contributed by atoms with Crippen LogP contribution in [0.5, 0.6) is 0 Å². The number of amides is 1. The number of piperidine rings is 1. The van der Waals surface area contributed by atoms with Gasteiger partial charge in [-0.15, -0.1) is 0 Å². The molecule has 0 bridgehead atoms. The van der Waals surface area contributed by atoms with Crippen LogP contribution in [0.3, 0.4) is 0 Å². The van der Waals surface area contributed by atoms with Crippen molar-refractivity contribution in [2.45, 2.75) is 59.0 Å². The standard InChI is InChI=1S/C18H25NO/c1-13-8-9-17(14(2)12-13)10-11-18(20)19-15(3)6-5-7-16(19)4/h8-12,15-16H,5-7H2,1-4H3/b11-10+. The zero-order valence-electron chi connectivity index (χ0n) is 13.0. The molecule has 1 aromatic carbocycles. The number of carbonyl (C=O) groups is 1. The van der Waals surface area contributed by atoms with Crippen molar-refractivity contribution >= 4 is 12.0 Å². The average molecular weight is 271 g/mol. The molecule has 0 radical (unpaired) electrons. The van der Waals surface area contributed by atoms with Crippen molar-refractivity contribution in [1.82, 2.24) is 4.90 Å². The zero-order valence-corrected chi connectivity index (χ0v) is 13.0. The number of hydrogen-bond acceptors (Lipinski definition) is 1. The summed E-state index contributed by atoms with van der Waals surface area (Å²) in [5.74, 6) is 0.143. The monoisotopic (exact) mass is 271 g/mol. The quantitative estimate of drug-likeness (QED) is 0.741. The van der Waals surface area contributed by atoms with Gasteiger partial charge in [0.15, 0.2) is 0 Å². The van der Waals surface area contributed by atoms with Gasteiger partial charge in [-0.1, -0.05) is 23.8 Å². The normalized spacial score (nSPS) is 23.3. The second-order valence-corrected chi connectivity index (χ2v) is 6.07. The van der Waals surface area contributed by atoms with Gasteiger partial charge in [-0.2, -0.15) is 0 Å². The molecule has 0 spiro atoms. The molecule has 2 nitrogen and oxygen atoms in total. The van der Waals surface area contributed by atoms with Gasteiger partial charge in [0.2, 0.25) is 5.91 Å². The largest absolute Gasteiger partial charge is 0.334 e. The lowest BCUT2D eigenvalue weighted by Crippen LogP contribution is -2.46. The smallest absolute Gasteiger partial charge is 0.247 e. The number of benzene rings is 1. The van der Waals surface area contributed by atoms with Gasteiger partial charge in [0.1, 0.15) is 0 Å². The minimum Gasteiger partial charge on any atom is -0.334 e. The van der Waals surface area contributed by atoms with Crippen molar-refractivity contribution in [1.29, 1.82) is 0 Å². The Labute approximate surface area is 122 Å². The number of likely N-dealkylation sites (tertiary alicyclic amines) is 1. The molecule has 1 fully saturated rings.